The number of carbonyl (C=O) groups excluding carboxylic acids is 1. The van der Waals surface area contributed by atoms with Crippen LogP contribution >= 0.6 is 0 Å². The molecule has 1 aliphatic heterocycles. The molecule has 0 radical (unpaired) electrons. The molecule has 0 aliphatic carbocycles. The lowest BCUT2D eigenvalue weighted by molar-refractivity contribution is -0.120. The number of aryl methyl sites for hydroxylation is 3. The summed E-state index contributed by atoms with van der Waals surface area (Å²) in [7, 11) is -3.21. The number of anilines is 1. The Morgan fingerprint density at radius 2 is 1.74 bits per heavy atom. The first kappa shape index (κ1) is 23.8. The number of sulfonamides is 1. The van der Waals surface area contributed by atoms with Crippen LogP contribution in [0.2, 0.25) is 0 Å². The van der Waals surface area contributed by atoms with Gasteiger partial charge in [-0.15, -0.1) is 0 Å². The number of hydrogen-bond donors (Lipinski definition) is 1. The minimum Gasteiger partial charge on any atom is -0.439 e. The number of nitrogens with zero attached hydrogens (tertiary/aromatic N) is 5. The molecule has 3 aromatic rings. The molecule has 34 heavy (non-hydrogen) atoms. The van der Waals surface area contributed by atoms with Crippen LogP contribution in [0.1, 0.15) is 30.1 Å². The van der Waals surface area contributed by atoms with Crippen LogP contribution in [-0.2, 0) is 14.8 Å². The zero-order chi connectivity index (χ0) is 24.5. The van der Waals surface area contributed by atoms with Crippen molar-refractivity contribution < 1.29 is 17.9 Å². The second-order valence-electron chi connectivity index (χ2n) is 8.50. The van der Waals surface area contributed by atoms with Gasteiger partial charge < -0.3 is 10.1 Å². The minimum absolute atomic E-state index is 0.109. The number of benzene rings is 1. The maximum absolute atomic E-state index is 12.6. The predicted octanol–water partition coefficient (Wildman–Crippen LogP) is 2.99. The monoisotopic (exact) mass is 484 g/mol. The molecule has 1 aliphatic rings. The molecule has 11 heteroatoms. The quantitative estimate of drug-likeness (QED) is 0.571. The Hall–Kier alpha value is -3.31. The fourth-order valence-corrected chi connectivity index (χ4v) is 4.84. The molecule has 1 fully saturated rings. The highest BCUT2D eigenvalue weighted by Crippen LogP contribution is 2.25. The van der Waals surface area contributed by atoms with Gasteiger partial charge in [-0.25, -0.2) is 22.4 Å². The smallest absolute Gasteiger partial charge is 0.227 e. The van der Waals surface area contributed by atoms with Crippen LogP contribution < -0.4 is 10.1 Å². The largest absolute Gasteiger partial charge is 0.439 e. The van der Waals surface area contributed by atoms with E-state index in [9.17, 15) is 13.2 Å². The third kappa shape index (κ3) is 5.60. The van der Waals surface area contributed by atoms with E-state index < -0.39 is 10.0 Å². The van der Waals surface area contributed by atoms with E-state index in [0.29, 0.717) is 54.9 Å². The van der Waals surface area contributed by atoms with Gasteiger partial charge >= 0.3 is 0 Å². The summed E-state index contributed by atoms with van der Waals surface area (Å²) in [4.78, 5) is 21.4. The van der Waals surface area contributed by atoms with Crippen LogP contribution in [0.15, 0.2) is 36.4 Å². The van der Waals surface area contributed by atoms with Gasteiger partial charge in [0.1, 0.15) is 11.6 Å². The van der Waals surface area contributed by atoms with E-state index in [0.717, 1.165) is 11.4 Å². The summed E-state index contributed by atoms with van der Waals surface area (Å²) >= 11 is 0. The first-order valence-electron chi connectivity index (χ1n) is 11.0. The van der Waals surface area contributed by atoms with Gasteiger partial charge in [0.25, 0.3) is 0 Å². The van der Waals surface area contributed by atoms with Gasteiger partial charge in [0, 0.05) is 36.5 Å². The van der Waals surface area contributed by atoms with Crippen molar-refractivity contribution in [1.29, 1.82) is 0 Å². The Labute approximate surface area is 199 Å². The molecular formula is C23H28N6O4S. The zero-order valence-electron chi connectivity index (χ0n) is 19.6. The first-order chi connectivity index (χ1) is 16.1. The summed E-state index contributed by atoms with van der Waals surface area (Å²) in [6.45, 7) is 6.40. The van der Waals surface area contributed by atoms with E-state index in [1.165, 1.54) is 10.6 Å². The van der Waals surface area contributed by atoms with Crippen LogP contribution in [-0.4, -0.2) is 57.7 Å². The molecule has 1 N–H and O–H groups in total. The maximum Gasteiger partial charge on any atom is 0.227 e. The third-order valence-corrected chi connectivity index (χ3v) is 6.97. The van der Waals surface area contributed by atoms with E-state index in [-0.39, 0.29) is 11.8 Å². The van der Waals surface area contributed by atoms with Crippen LogP contribution in [0.5, 0.6) is 11.6 Å². The van der Waals surface area contributed by atoms with E-state index in [1.807, 2.05) is 19.9 Å². The summed E-state index contributed by atoms with van der Waals surface area (Å²) in [5.41, 5.74) is 2.50. The molecule has 180 valence electrons. The number of nitrogens with one attached hydrogen (secondary N) is 1. The molecule has 2 aromatic heterocycles. The summed E-state index contributed by atoms with van der Waals surface area (Å²) in [5, 5.41) is 7.37. The standard InChI is InChI=1S/C23H28N6O4S/c1-15-13-16(2)29(27-15)21-14-22(25-17(3)24-21)33-20-7-5-19(6-8-20)26-23(30)18-9-11-28(12-10-18)34(4,31)32/h5-8,13-14,18H,9-12H2,1-4H3,(H,26,30). The fraction of sp³-hybridized carbons (Fsp3) is 0.391. The van der Waals surface area contributed by atoms with Crippen LogP contribution in [0.3, 0.4) is 0 Å². The summed E-state index contributed by atoms with van der Waals surface area (Å²) in [5.74, 6) is 1.82. The molecule has 0 unspecified atom stereocenters. The molecule has 0 spiro atoms. The lowest BCUT2D eigenvalue weighted by Gasteiger charge is -2.29. The average molecular weight is 485 g/mol. The summed E-state index contributed by atoms with van der Waals surface area (Å²) in [6, 6.07) is 10.7. The molecule has 3 heterocycles. The van der Waals surface area contributed by atoms with Gasteiger partial charge in [-0.2, -0.15) is 10.1 Å². The molecule has 0 atom stereocenters. The van der Waals surface area contributed by atoms with Crippen LogP contribution in [0, 0.1) is 26.7 Å². The molecule has 1 saturated heterocycles. The van der Waals surface area contributed by atoms with Crippen molar-refractivity contribution in [3.8, 4) is 17.4 Å². The highest BCUT2D eigenvalue weighted by Gasteiger charge is 2.28. The normalized spacial score (nSPS) is 15.3. The number of aromatic nitrogens is 4. The van der Waals surface area contributed by atoms with Gasteiger partial charge in [-0.1, -0.05) is 0 Å². The van der Waals surface area contributed by atoms with Gasteiger partial charge in [0.2, 0.25) is 21.8 Å². The topological polar surface area (TPSA) is 119 Å². The number of amides is 1. The fourth-order valence-electron chi connectivity index (χ4n) is 3.97. The van der Waals surface area contributed by atoms with Crippen molar-refractivity contribution in [2.75, 3.05) is 24.7 Å². The maximum atomic E-state index is 12.6. The van der Waals surface area contributed by atoms with Gasteiger partial charge in [0.05, 0.1) is 11.9 Å². The number of piperidine rings is 1. The van der Waals surface area contributed by atoms with Crippen molar-refractivity contribution >= 4 is 21.6 Å². The number of rotatable bonds is 6. The summed E-state index contributed by atoms with van der Waals surface area (Å²) in [6.07, 6.45) is 2.20. The lowest BCUT2D eigenvalue weighted by atomic mass is 9.97. The zero-order valence-corrected chi connectivity index (χ0v) is 20.5. The Bertz CT molecular complexity index is 1300. The third-order valence-electron chi connectivity index (χ3n) is 5.67. The van der Waals surface area contributed by atoms with E-state index >= 15 is 0 Å². The van der Waals surface area contributed by atoms with E-state index in [2.05, 4.69) is 20.4 Å². The molecule has 1 amide bonds. The van der Waals surface area contributed by atoms with Crippen molar-refractivity contribution in [3.63, 3.8) is 0 Å². The Morgan fingerprint density at radius 3 is 2.32 bits per heavy atom. The Kier molecular flexibility index (Phi) is 6.67. The Balaban J connectivity index is 1.39. The second-order valence-corrected chi connectivity index (χ2v) is 10.5. The van der Waals surface area contributed by atoms with Crippen molar-refractivity contribution in [1.82, 2.24) is 24.1 Å². The van der Waals surface area contributed by atoms with Crippen molar-refractivity contribution in [2.24, 2.45) is 5.92 Å². The van der Waals surface area contributed by atoms with Gasteiger partial charge in [-0.05, 0) is 63.9 Å². The van der Waals surface area contributed by atoms with Gasteiger partial charge in [0.15, 0.2) is 5.82 Å². The molecule has 0 saturated carbocycles. The number of hydrogen-bond acceptors (Lipinski definition) is 7. The van der Waals surface area contributed by atoms with E-state index in [1.54, 1.807) is 41.9 Å². The highest BCUT2D eigenvalue weighted by atomic mass is 32.2. The molecule has 1 aromatic carbocycles. The molecule has 0 bridgehead atoms. The lowest BCUT2D eigenvalue weighted by Crippen LogP contribution is -2.40. The minimum atomic E-state index is -3.21. The summed E-state index contributed by atoms with van der Waals surface area (Å²) < 4.78 is 32.4. The van der Waals surface area contributed by atoms with Crippen molar-refractivity contribution in [2.45, 2.75) is 33.6 Å². The van der Waals surface area contributed by atoms with Crippen LogP contribution in [0.25, 0.3) is 5.82 Å². The highest BCUT2D eigenvalue weighted by molar-refractivity contribution is 7.88. The number of ether oxygens (including phenoxy) is 1. The number of carbonyl (C=O) groups is 1. The molecule has 10 nitrogen and oxygen atoms in total. The predicted molar refractivity (Wildman–Crippen MR) is 128 cm³/mol. The van der Waals surface area contributed by atoms with E-state index in [4.69, 9.17) is 4.74 Å². The van der Waals surface area contributed by atoms with Gasteiger partial charge in [-0.3, -0.25) is 4.79 Å². The van der Waals surface area contributed by atoms with Crippen LogP contribution in [0.4, 0.5) is 5.69 Å². The first-order valence-corrected chi connectivity index (χ1v) is 12.9. The molecule has 4 rings (SSSR count). The Morgan fingerprint density at radius 1 is 1.06 bits per heavy atom. The average Bonchev–Trinajstić information content (AvgIpc) is 3.12. The van der Waals surface area contributed by atoms with Crippen molar-refractivity contribution in [3.05, 3.63) is 53.6 Å². The SMILES string of the molecule is Cc1cc(C)n(-c2cc(Oc3ccc(NC(=O)C4CCN(S(C)(=O)=O)CC4)cc3)nc(C)n2)n1. The second kappa shape index (κ2) is 9.51. The molecular weight excluding hydrogens is 456 g/mol.